The number of methoxy groups -OCH3 is 1. The third-order valence-electron chi connectivity index (χ3n) is 5.34. The van der Waals surface area contributed by atoms with Crippen LogP contribution in [0.15, 0.2) is 0 Å². The fourth-order valence-corrected chi connectivity index (χ4v) is 3.80. The van der Waals surface area contributed by atoms with Crippen LogP contribution >= 0.6 is 0 Å². The smallest absolute Gasteiger partial charge is 0.308 e. The number of carbonyl (C=O) groups is 1. The standard InChI is InChI=1S/C20H39NO2/c1-4-5-6-7-8-9-10-11-16-21(2)17-18-12-14-19(15-13-18)20(22)23-3/h18-19H,4-17H2,1-3H3/t18-,19-. The van der Waals surface area contributed by atoms with Crippen molar-refractivity contribution in [1.82, 2.24) is 4.90 Å². The van der Waals surface area contributed by atoms with Gasteiger partial charge in [0, 0.05) is 6.54 Å². The monoisotopic (exact) mass is 325 g/mol. The molecule has 3 nitrogen and oxygen atoms in total. The molecule has 0 aliphatic heterocycles. The van der Waals surface area contributed by atoms with Crippen LogP contribution in [-0.4, -0.2) is 38.1 Å². The minimum absolute atomic E-state index is 0.00394. The van der Waals surface area contributed by atoms with Crippen molar-refractivity contribution in [1.29, 1.82) is 0 Å². The molecular formula is C20H39NO2. The number of nitrogens with zero attached hydrogens (tertiary/aromatic N) is 1. The van der Waals surface area contributed by atoms with E-state index in [-0.39, 0.29) is 11.9 Å². The number of hydrogen-bond donors (Lipinski definition) is 0. The van der Waals surface area contributed by atoms with Crippen LogP contribution in [-0.2, 0) is 9.53 Å². The van der Waals surface area contributed by atoms with Crippen LogP contribution in [0.2, 0.25) is 0 Å². The van der Waals surface area contributed by atoms with E-state index in [1.165, 1.54) is 84.4 Å². The van der Waals surface area contributed by atoms with Gasteiger partial charge < -0.3 is 9.64 Å². The summed E-state index contributed by atoms with van der Waals surface area (Å²) >= 11 is 0. The average Bonchev–Trinajstić information content (AvgIpc) is 2.57. The minimum Gasteiger partial charge on any atom is -0.469 e. The summed E-state index contributed by atoms with van der Waals surface area (Å²) in [5.41, 5.74) is 0. The van der Waals surface area contributed by atoms with Gasteiger partial charge >= 0.3 is 5.97 Å². The van der Waals surface area contributed by atoms with Gasteiger partial charge in [-0.25, -0.2) is 0 Å². The van der Waals surface area contributed by atoms with Gasteiger partial charge in [0.05, 0.1) is 13.0 Å². The molecule has 1 saturated carbocycles. The minimum atomic E-state index is -0.00394. The Balaban J connectivity index is 1.98. The highest BCUT2D eigenvalue weighted by Gasteiger charge is 2.27. The molecular weight excluding hydrogens is 286 g/mol. The van der Waals surface area contributed by atoms with Gasteiger partial charge in [0.1, 0.15) is 0 Å². The second-order valence-electron chi connectivity index (χ2n) is 7.48. The molecule has 0 amide bonds. The largest absolute Gasteiger partial charge is 0.469 e. The molecule has 23 heavy (non-hydrogen) atoms. The molecule has 0 spiro atoms. The number of hydrogen-bond acceptors (Lipinski definition) is 3. The first-order valence-corrected chi connectivity index (χ1v) is 9.93. The highest BCUT2D eigenvalue weighted by atomic mass is 16.5. The highest BCUT2D eigenvalue weighted by Crippen LogP contribution is 2.29. The summed E-state index contributed by atoms with van der Waals surface area (Å²) in [6.07, 6.45) is 15.5. The van der Waals surface area contributed by atoms with Crippen LogP contribution in [0.5, 0.6) is 0 Å². The lowest BCUT2D eigenvalue weighted by Gasteiger charge is -2.30. The van der Waals surface area contributed by atoms with Crippen molar-refractivity contribution in [3.05, 3.63) is 0 Å². The lowest BCUT2D eigenvalue weighted by Crippen LogP contribution is -2.31. The van der Waals surface area contributed by atoms with Gasteiger partial charge in [0.25, 0.3) is 0 Å². The molecule has 0 bridgehead atoms. The number of rotatable bonds is 12. The maximum Gasteiger partial charge on any atom is 0.308 e. The first-order valence-electron chi connectivity index (χ1n) is 9.93. The van der Waals surface area contributed by atoms with Crippen molar-refractivity contribution in [3.8, 4) is 0 Å². The van der Waals surface area contributed by atoms with Gasteiger partial charge in [-0.15, -0.1) is 0 Å². The predicted octanol–water partition coefficient (Wildman–Crippen LogP) is 5.04. The van der Waals surface area contributed by atoms with Crippen molar-refractivity contribution < 1.29 is 9.53 Å². The van der Waals surface area contributed by atoms with E-state index in [1.807, 2.05) is 0 Å². The van der Waals surface area contributed by atoms with Crippen LogP contribution in [0.3, 0.4) is 0 Å². The Morgan fingerprint density at radius 3 is 2.09 bits per heavy atom. The van der Waals surface area contributed by atoms with Crippen LogP contribution in [0.1, 0.15) is 84.0 Å². The van der Waals surface area contributed by atoms with Crippen molar-refractivity contribution in [3.63, 3.8) is 0 Å². The van der Waals surface area contributed by atoms with Gasteiger partial charge in [-0.3, -0.25) is 4.79 Å². The predicted molar refractivity (Wildman–Crippen MR) is 97.6 cm³/mol. The van der Waals surface area contributed by atoms with Gasteiger partial charge in [-0.05, 0) is 51.6 Å². The fraction of sp³-hybridized carbons (Fsp3) is 0.950. The number of esters is 1. The van der Waals surface area contributed by atoms with Gasteiger partial charge in [-0.1, -0.05) is 51.9 Å². The van der Waals surface area contributed by atoms with Crippen molar-refractivity contribution in [2.45, 2.75) is 84.0 Å². The lowest BCUT2D eigenvalue weighted by atomic mass is 9.82. The topological polar surface area (TPSA) is 29.5 Å². The molecule has 0 heterocycles. The first kappa shape index (κ1) is 20.5. The molecule has 1 fully saturated rings. The molecule has 0 atom stereocenters. The third-order valence-corrected chi connectivity index (χ3v) is 5.34. The molecule has 1 rings (SSSR count). The normalized spacial score (nSPS) is 21.6. The summed E-state index contributed by atoms with van der Waals surface area (Å²) in [6.45, 7) is 4.70. The molecule has 1 aliphatic carbocycles. The van der Waals surface area contributed by atoms with E-state index in [4.69, 9.17) is 4.74 Å². The summed E-state index contributed by atoms with van der Waals surface area (Å²) in [6, 6.07) is 0. The summed E-state index contributed by atoms with van der Waals surface area (Å²) in [4.78, 5) is 14.0. The maximum atomic E-state index is 11.5. The zero-order chi connectivity index (χ0) is 16.9. The van der Waals surface area contributed by atoms with Crippen molar-refractivity contribution >= 4 is 5.97 Å². The van der Waals surface area contributed by atoms with Crippen LogP contribution in [0, 0.1) is 11.8 Å². The van der Waals surface area contributed by atoms with Gasteiger partial charge in [0.15, 0.2) is 0 Å². The van der Waals surface area contributed by atoms with Crippen molar-refractivity contribution in [2.75, 3.05) is 27.2 Å². The van der Waals surface area contributed by atoms with E-state index >= 15 is 0 Å². The molecule has 3 heteroatoms. The molecule has 0 radical (unpaired) electrons. The Hall–Kier alpha value is -0.570. The average molecular weight is 326 g/mol. The summed E-state index contributed by atoms with van der Waals surface area (Å²) in [5.74, 6) is 0.931. The summed E-state index contributed by atoms with van der Waals surface area (Å²) < 4.78 is 4.86. The van der Waals surface area contributed by atoms with E-state index in [0.29, 0.717) is 0 Å². The van der Waals surface area contributed by atoms with E-state index in [0.717, 1.165) is 18.8 Å². The Labute approximate surface area is 144 Å². The van der Waals surface area contributed by atoms with Gasteiger partial charge in [-0.2, -0.15) is 0 Å². The zero-order valence-electron chi connectivity index (χ0n) is 15.8. The molecule has 136 valence electrons. The summed E-state index contributed by atoms with van der Waals surface area (Å²) in [5, 5.41) is 0. The number of unbranched alkanes of at least 4 members (excludes halogenated alkanes) is 7. The van der Waals surface area contributed by atoms with E-state index < -0.39 is 0 Å². The molecule has 0 aromatic heterocycles. The maximum absolute atomic E-state index is 11.5. The third kappa shape index (κ3) is 9.34. The molecule has 0 unspecified atom stereocenters. The SMILES string of the molecule is CCCCCCCCCCN(C)C[C@H]1CC[C@H](C(=O)OC)CC1. The first-order chi connectivity index (χ1) is 11.2. The van der Waals surface area contributed by atoms with Crippen LogP contribution in [0.25, 0.3) is 0 Å². The lowest BCUT2D eigenvalue weighted by molar-refractivity contribution is -0.146. The quantitative estimate of drug-likeness (QED) is 0.372. The molecule has 0 aromatic carbocycles. The Morgan fingerprint density at radius 2 is 1.52 bits per heavy atom. The second-order valence-corrected chi connectivity index (χ2v) is 7.48. The Bertz CT molecular complexity index is 298. The van der Waals surface area contributed by atoms with E-state index in [9.17, 15) is 4.79 Å². The Morgan fingerprint density at radius 1 is 0.957 bits per heavy atom. The molecule has 1 aliphatic rings. The van der Waals surface area contributed by atoms with Crippen LogP contribution in [0.4, 0.5) is 0 Å². The Kier molecular flexibility index (Phi) is 11.4. The van der Waals surface area contributed by atoms with E-state index in [2.05, 4.69) is 18.9 Å². The molecule has 0 N–H and O–H groups in total. The van der Waals surface area contributed by atoms with Crippen molar-refractivity contribution in [2.24, 2.45) is 11.8 Å². The van der Waals surface area contributed by atoms with Crippen LogP contribution < -0.4 is 0 Å². The molecule has 0 aromatic rings. The van der Waals surface area contributed by atoms with Gasteiger partial charge in [0.2, 0.25) is 0 Å². The number of carbonyl (C=O) groups excluding carboxylic acids is 1. The summed E-state index contributed by atoms with van der Waals surface area (Å²) in [7, 11) is 3.76. The van der Waals surface area contributed by atoms with E-state index in [1.54, 1.807) is 0 Å². The zero-order valence-corrected chi connectivity index (χ0v) is 15.8. The highest BCUT2D eigenvalue weighted by molar-refractivity contribution is 5.72. The fourth-order valence-electron chi connectivity index (χ4n) is 3.80. The number of ether oxygens (including phenoxy) is 1. The second kappa shape index (κ2) is 12.8. The molecule has 0 saturated heterocycles.